The van der Waals surface area contributed by atoms with Crippen molar-refractivity contribution in [1.82, 2.24) is 15.3 Å². The number of nitrogens with one attached hydrogen (secondary N) is 2. The van der Waals surface area contributed by atoms with Gasteiger partial charge >= 0.3 is 6.18 Å². The van der Waals surface area contributed by atoms with Crippen LogP contribution in [0, 0.1) is 0 Å². The molecule has 2 aromatic carbocycles. The van der Waals surface area contributed by atoms with E-state index < -0.39 is 17.9 Å². The average Bonchev–Trinajstić information content (AvgIpc) is 3.18. The van der Waals surface area contributed by atoms with E-state index in [-0.39, 0.29) is 17.9 Å². The van der Waals surface area contributed by atoms with Crippen molar-refractivity contribution in [3.05, 3.63) is 65.6 Å². The van der Waals surface area contributed by atoms with Crippen LogP contribution in [0.15, 0.2) is 48.5 Å². The number of rotatable bonds is 6. The number of imidazole rings is 1. The fourth-order valence-electron chi connectivity index (χ4n) is 2.74. The van der Waals surface area contributed by atoms with Crippen molar-refractivity contribution in [3.8, 4) is 22.8 Å². The van der Waals surface area contributed by atoms with Gasteiger partial charge in [-0.25, -0.2) is 4.98 Å². The van der Waals surface area contributed by atoms with Crippen molar-refractivity contribution < 1.29 is 27.4 Å². The Morgan fingerprint density at radius 1 is 1.07 bits per heavy atom. The minimum Gasteiger partial charge on any atom is -0.493 e. The van der Waals surface area contributed by atoms with Gasteiger partial charge in [0, 0.05) is 12.1 Å². The van der Waals surface area contributed by atoms with Crippen LogP contribution in [0.2, 0.25) is 0 Å². The lowest BCUT2D eigenvalue weighted by molar-refractivity contribution is -0.144. The number of benzene rings is 2. The van der Waals surface area contributed by atoms with Crippen LogP contribution in [0.25, 0.3) is 11.3 Å². The summed E-state index contributed by atoms with van der Waals surface area (Å²) >= 11 is 0. The molecule has 6 nitrogen and oxygen atoms in total. The molecule has 0 saturated heterocycles. The van der Waals surface area contributed by atoms with Gasteiger partial charge in [0.1, 0.15) is 11.4 Å². The van der Waals surface area contributed by atoms with Crippen LogP contribution < -0.4 is 14.8 Å². The molecule has 152 valence electrons. The first-order valence-electron chi connectivity index (χ1n) is 8.55. The maximum Gasteiger partial charge on any atom is 0.449 e. The molecule has 0 unspecified atom stereocenters. The summed E-state index contributed by atoms with van der Waals surface area (Å²) in [5, 5.41) is 2.61. The van der Waals surface area contributed by atoms with E-state index in [1.807, 2.05) is 0 Å². The molecule has 0 saturated carbocycles. The first kappa shape index (κ1) is 20.2. The largest absolute Gasteiger partial charge is 0.493 e. The first-order chi connectivity index (χ1) is 13.8. The summed E-state index contributed by atoms with van der Waals surface area (Å²) in [6.45, 7) is 0.0772. The maximum atomic E-state index is 13.1. The Kier molecular flexibility index (Phi) is 5.76. The van der Waals surface area contributed by atoms with Crippen molar-refractivity contribution in [2.75, 3.05) is 14.2 Å². The molecular weight excluding hydrogens is 387 g/mol. The number of hydrogen-bond donors (Lipinski definition) is 2. The number of aromatic nitrogens is 2. The van der Waals surface area contributed by atoms with Crippen molar-refractivity contribution in [3.63, 3.8) is 0 Å². The normalized spacial score (nSPS) is 11.2. The Morgan fingerprint density at radius 3 is 2.38 bits per heavy atom. The third-order valence-corrected chi connectivity index (χ3v) is 4.15. The number of hydrogen-bond acceptors (Lipinski definition) is 4. The molecular formula is C20H18F3N3O3. The van der Waals surface area contributed by atoms with Gasteiger partial charge in [-0.1, -0.05) is 36.4 Å². The highest BCUT2D eigenvalue weighted by Gasteiger charge is 2.37. The maximum absolute atomic E-state index is 13.1. The van der Waals surface area contributed by atoms with Crippen LogP contribution in [-0.4, -0.2) is 30.1 Å². The van der Waals surface area contributed by atoms with Crippen LogP contribution in [0.1, 0.15) is 21.9 Å². The summed E-state index contributed by atoms with van der Waals surface area (Å²) in [7, 11) is 2.98. The SMILES string of the molecule is COc1ccc(CNC(=O)c2[nH]c(C(F)(F)F)nc2-c2ccccc2)cc1OC. The molecule has 3 rings (SSSR count). The first-order valence-corrected chi connectivity index (χ1v) is 8.55. The van der Waals surface area contributed by atoms with Crippen LogP contribution >= 0.6 is 0 Å². The van der Waals surface area contributed by atoms with Gasteiger partial charge in [0.05, 0.1) is 14.2 Å². The van der Waals surface area contributed by atoms with Crippen LogP contribution in [0.4, 0.5) is 13.2 Å². The monoisotopic (exact) mass is 405 g/mol. The zero-order valence-electron chi connectivity index (χ0n) is 15.6. The van der Waals surface area contributed by atoms with Crippen molar-refractivity contribution in [2.24, 2.45) is 0 Å². The Balaban J connectivity index is 1.86. The highest BCUT2D eigenvalue weighted by Crippen LogP contribution is 2.31. The quantitative estimate of drug-likeness (QED) is 0.649. The summed E-state index contributed by atoms with van der Waals surface area (Å²) in [6, 6.07) is 13.3. The molecule has 0 atom stereocenters. The Hall–Kier alpha value is -3.49. The molecule has 0 bridgehead atoms. The minimum atomic E-state index is -4.70. The third kappa shape index (κ3) is 4.50. The summed E-state index contributed by atoms with van der Waals surface area (Å²) in [5.41, 5.74) is 0.759. The van der Waals surface area contributed by atoms with E-state index >= 15 is 0 Å². The van der Waals surface area contributed by atoms with E-state index in [1.54, 1.807) is 48.5 Å². The van der Waals surface area contributed by atoms with E-state index in [0.29, 0.717) is 22.6 Å². The number of halogens is 3. The highest BCUT2D eigenvalue weighted by atomic mass is 19.4. The molecule has 1 aromatic heterocycles. The zero-order chi connectivity index (χ0) is 21.0. The smallest absolute Gasteiger partial charge is 0.449 e. The van der Waals surface area contributed by atoms with Crippen molar-refractivity contribution in [1.29, 1.82) is 0 Å². The number of H-pyrrole nitrogens is 1. The Bertz CT molecular complexity index is 1000. The predicted octanol–water partition coefficient (Wildman–Crippen LogP) is 4.04. The number of nitrogens with zero attached hydrogens (tertiary/aromatic N) is 1. The fraction of sp³-hybridized carbons (Fsp3) is 0.200. The molecule has 2 N–H and O–H groups in total. The second-order valence-electron chi connectivity index (χ2n) is 6.04. The van der Waals surface area contributed by atoms with Gasteiger partial charge in [-0.2, -0.15) is 13.2 Å². The molecule has 0 radical (unpaired) electrons. The average molecular weight is 405 g/mol. The molecule has 29 heavy (non-hydrogen) atoms. The number of amides is 1. The van der Waals surface area contributed by atoms with Gasteiger partial charge in [0.2, 0.25) is 5.82 Å². The second kappa shape index (κ2) is 8.26. The predicted molar refractivity (Wildman–Crippen MR) is 99.7 cm³/mol. The number of ether oxygens (including phenoxy) is 2. The molecule has 0 aliphatic heterocycles. The van der Waals surface area contributed by atoms with Gasteiger partial charge in [0.25, 0.3) is 5.91 Å². The summed E-state index contributed by atoms with van der Waals surface area (Å²) in [6.07, 6.45) is -4.70. The number of carbonyl (C=O) groups excluding carboxylic acids is 1. The second-order valence-corrected chi connectivity index (χ2v) is 6.04. The van der Waals surface area contributed by atoms with Gasteiger partial charge in [0.15, 0.2) is 11.5 Å². The zero-order valence-corrected chi connectivity index (χ0v) is 15.6. The van der Waals surface area contributed by atoms with Crippen molar-refractivity contribution in [2.45, 2.75) is 12.7 Å². The lowest BCUT2D eigenvalue weighted by Crippen LogP contribution is -2.24. The number of alkyl halides is 3. The standard InChI is InChI=1S/C20H18F3N3O3/c1-28-14-9-8-12(10-15(14)29-2)11-24-18(27)17-16(13-6-4-3-5-7-13)25-19(26-17)20(21,22)23/h3-10H,11H2,1-2H3,(H,24,27)(H,25,26). The molecule has 3 aromatic rings. The number of methoxy groups -OCH3 is 2. The van der Waals surface area contributed by atoms with E-state index in [0.717, 1.165) is 0 Å². The van der Waals surface area contributed by atoms with Gasteiger partial charge < -0.3 is 19.8 Å². The highest BCUT2D eigenvalue weighted by molar-refractivity contribution is 5.98. The van der Waals surface area contributed by atoms with E-state index in [9.17, 15) is 18.0 Å². The van der Waals surface area contributed by atoms with Crippen LogP contribution in [0.5, 0.6) is 11.5 Å². The third-order valence-electron chi connectivity index (χ3n) is 4.15. The Morgan fingerprint density at radius 2 is 1.76 bits per heavy atom. The van der Waals surface area contributed by atoms with Gasteiger partial charge in [-0.3, -0.25) is 4.79 Å². The molecule has 0 fully saturated rings. The minimum absolute atomic E-state index is 0.0669. The molecule has 1 heterocycles. The summed E-state index contributed by atoms with van der Waals surface area (Å²) in [5.74, 6) is -0.934. The molecule has 0 aliphatic carbocycles. The van der Waals surface area contributed by atoms with E-state index in [1.165, 1.54) is 14.2 Å². The topological polar surface area (TPSA) is 76.2 Å². The summed E-state index contributed by atoms with van der Waals surface area (Å²) < 4.78 is 49.7. The lowest BCUT2D eigenvalue weighted by atomic mass is 10.1. The molecule has 0 aliphatic rings. The van der Waals surface area contributed by atoms with Crippen LogP contribution in [0.3, 0.4) is 0 Å². The number of aromatic amines is 1. The molecule has 1 amide bonds. The fourth-order valence-corrected chi connectivity index (χ4v) is 2.74. The van der Waals surface area contributed by atoms with Gasteiger partial charge in [-0.05, 0) is 17.7 Å². The van der Waals surface area contributed by atoms with Crippen LogP contribution in [-0.2, 0) is 12.7 Å². The van der Waals surface area contributed by atoms with E-state index in [4.69, 9.17) is 9.47 Å². The lowest BCUT2D eigenvalue weighted by Gasteiger charge is -2.10. The summed E-state index contributed by atoms with van der Waals surface area (Å²) in [4.78, 5) is 18.3. The number of carbonyl (C=O) groups is 1. The molecule has 0 spiro atoms. The molecule has 9 heteroatoms. The van der Waals surface area contributed by atoms with E-state index in [2.05, 4.69) is 15.3 Å². The van der Waals surface area contributed by atoms with Crippen molar-refractivity contribution >= 4 is 5.91 Å². The van der Waals surface area contributed by atoms with Gasteiger partial charge in [-0.15, -0.1) is 0 Å². The Labute approximate surface area is 164 Å².